The number of carboxylic acids is 1. The molecule has 1 atom stereocenters. The van der Waals surface area contributed by atoms with E-state index in [2.05, 4.69) is 0 Å². The molecule has 0 saturated heterocycles. The van der Waals surface area contributed by atoms with Crippen LogP contribution in [0, 0.1) is 6.92 Å². The number of nitrogens with two attached hydrogens (primary N) is 1. The molecule has 94 valence electrons. The van der Waals surface area contributed by atoms with E-state index in [4.69, 9.17) is 15.6 Å². The first-order valence-electron chi connectivity index (χ1n) is 5.55. The van der Waals surface area contributed by atoms with E-state index >= 15 is 0 Å². The van der Waals surface area contributed by atoms with Gasteiger partial charge in [-0.05, 0) is 32.4 Å². The van der Waals surface area contributed by atoms with Crippen molar-refractivity contribution >= 4 is 5.97 Å². The molecule has 1 aromatic rings. The van der Waals surface area contributed by atoms with Crippen LogP contribution in [0.15, 0.2) is 24.3 Å². The van der Waals surface area contributed by atoms with Crippen molar-refractivity contribution < 1.29 is 14.6 Å². The van der Waals surface area contributed by atoms with E-state index in [-0.39, 0.29) is 6.42 Å². The maximum atomic E-state index is 10.7. The van der Waals surface area contributed by atoms with Crippen LogP contribution in [0.1, 0.15) is 25.8 Å². The van der Waals surface area contributed by atoms with Crippen molar-refractivity contribution in [1.82, 2.24) is 0 Å². The molecule has 0 radical (unpaired) electrons. The summed E-state index contributed by atoms with van der Waals surface area (Å²) < 4.78 is 5.81. The summed E-state index contributed by atoms with van der Waals surface area (Å²) in [5, 5.41) is 8.79. The Labute approximate surface area is 101 Å². The summed E-state index contributed by atoms with van der Waals surface area (Å²) >= 11 is 0. The summed E-state index contributed by atoms with van der Waals surface area (Å²) in [5.74, 6) is -0.249. The van der Waals surface area contributed by atoms with E-state index in [0.717, 1.165) is 11.3 Å². The van der Waals surface area contributed by atoms with Crippen molar-refractivity contribution in [1.29, 1.82) is 0 Å². The summed E-state index contributed by atoms with van der Waals surface area (Å²) in [5.41, 5.74) is 5.93. The van der Waals surface area contributed by atoms with Crippen LogP contribution in [-0.4, -0.2) is 22.7 Å². The number of ether oxygens (including phenoxy) is 1. The number of hydrogen-bond acceptors (Lipinski definition) is 3. The number of benzene rings is 1. The van der Waals surface area contributed by atoms with Crippen LogP contribution in [-0.2, 0) is 4.79 Å². The molecule has 0 aromatic heterocycles. The van der Waals surface area contributed by atoms with Gasteiger partial charge in [-0.15, -0.1) is 0 Å². The second-order valence-electron chi connectivity index (χ2n) is 4.78. The lowest BCUT2D eigenvalue weighted by molar-refractivity contribution is -0.139. The first-order chi connectivity index (χ1) is 7.82. The highest BCUT2D eigenvalue weighted by molar-refractivity contribution is 5.73. The van der Waals surface area contributed by atoms with Gasteiger partial charge in [0.1, 0.15) is 17.4 Å². The van der Waals surface area contributed by atoms with Crippen LogP contribution in [0.25, 0.3) is 0 Å². The highest BCUT2D eigenvalue weighted by Crippen LogP contribution is 2.24. The van der Waals surface area contributed by atoms with Gasteiger partial charge in [0.05, 0.1) is 0 Å². The van der Waals surface area contributed by atoms with Crippen molar-refractivity contribution in [2.75, 3.05) is 0 Å². The van der Waals surface area contributed by atoms with E-state index in [9.17, 15) is 4.79 Å². The average molecular weight is 237 g/mol. The van der Waals surface area contributed by atoms with Gasteiger partial charge < -0.3 is 15.6 Å². The van der Waals surface area contributed by atoms with E-state index < -0.39 is 17.6 Å². The summed E-state index contributed by atoms with van der Waals surface area (Å²) in [7, 11) is 0. The van der Waals surface area contributed by atoms with E-state index in [0.29, 0.717) is 0 Å². The van der Waals surface area contributed by atoms with Crippen molar-refractivity contribution in [2.24, 2.45) is 5.73 Å². The fourth-order valence-corrected chi connectivity index (χ4v) is 1.63. The molecule has 17 heavy (non-hydrogen) atoms. The maximum absolute atomic E-state index is 10.7. The first kappa shape index (κ1) is 13.5. The molecule has 0 amide bonds. The Morgan fingerprint density at radius 1 is 1.47 bits per heavy atom. The third-order valence-corrected chi connectivity index (χ3v) is 2.51. The number of aliphatic carboxylic acids is 1. The van der Waals surface area contributed by atoms with Gasteiger partial charge >= 0.3 is 5.97 Å². The Morgan fingerprint density at radius 3 is 2.59 bits per heavy atom. The van der Waals surface area contributed by atoms with Crippen LogP contribution in [0.4, 0.5) is 0 Å². The molecule has 0 spiro atoms. The minimum atomic E-state index is -1.01. The molecule has 4 nitrogen and oxygen atoms in total. The molecule has 0 bridgehead atoms. The Bertz CT molecular complexity index is 401. The van der Waals surface area contributed by atoms with Gasteiger partial charge in [-0.3, -0.25) is 4.79 Å². The van der Waals surface area contributed by atoms with E-state index in [1.54, 1.807) is 0 Å². The second kappa shape index (κ2) is 5.19. The third kappa shape index (κ3) is 4.07. The molecule has 0 saturated carbocycles. The van der Waals surface area contributed by atoms with Crippen LogP contribution in [0.5, 0.6) is 5.75 Å². The van der Waals surface area contributed by atoms with Crippen molar-refractivity contribution in [3.8, 4) is 5.75 Å². The van der Waals surface area contributed by atoms with Crippen molar-refractivity contribution in [3.63, 3.8) is 0 Å². The fourth-order valence-electron chi connectivity index (χ4n) is 1.63. The smallest absolute Gasteiger partial charge is 0.320 e. The minimum absolute atomic E-state index is 0.261. The monoisotopic (exact) mass is 237 g/mol. The zero-order chi connectivity index (χ0) is 13.1. The van der Waals surface area contributed by atoms with Crippen LogP contribution in [0.3, 0.4) is 0 Å². The topological polar surface area (TPSA) is 72.5 Å². The number of hydrogen-bond donors (Lipinski definition) is 2. The molecule has 0 heterocycles. The third-order valence-electron chi connectivity index (χ3n) is 2.51. The summed E-state index contributed by atoms with van der Waals surface area (Å²) in [6, 6.07) is 6.72. The number of rotatable bonds is 5. The molecule has 1 unspecified atom stereocenters. The SMILES string of the molecule is Cc1ccccc1OC(C)(C)CC(N)C(=O)O. The molecule has 0 aliphatic carbocycles. The normalized spacial score (nSPS) is 13.2. The van der Waals surface area contributed by atoms with Gasteiger partial charge in [0.25, 0.3) is 0 Å². The predicted molar refractivity (Wildman–Crippen MR) is 66.1 cm³/mol. The van der Waals surface area contributed by atoms with Gasteiger partial charge in [0.15, 0.2) is 0 Å². The number of carbonyl (C=O) groups is 1. The lowest BCUT2D eigenvalue weighted by Gasteiger charge is -2.28. The van der Waals surface area contributed by atoms with Crippen molar-refractivity contribution in [3.05, 3.63) is 29.8 Å². The van der Waals surface area contributed by atoms with Crippen LogP contribution in [0.2, 0.25) is 0 Å². The molecule has 0 fully saturated rings. The molecule has 1 rings (SSSR count). The molecule has 0 aliphatic rings. The maximum Gasteiger partial charge on any atom is 0.320 e. The highest BCUT2D eigenvalue weighted by atomic mass is 16.5. The lowest BCUT2D eigenvalue weighted by atomic mass is 9.99. The van der Waals surface area contributed by atoms with Crippen LogP contribution < -0.4 is 10.5 Å². The van der Waals surface area contributed by atoms with Gasteiger partial charge in [0, 0.05) is 6.42 Å². The molecular weight excluding hydrogens is 218 g/mol. The second-order valence-corrected chi connectivity index (χ2v) is 4.78. The van der Waals surface area contributed by atoms with Crippen LogP contribution >= 0.6 is 0 Å². The van der Waals surface area contributed by atoms with E-state index in [1.165, 1.54) is 0 Å². The van der Waals surface area contributed by atoms with Gasteiger partial charge in [0.2, 0.25) is 0 Å². The lowest BCUT2D eigenvalue weighted by Crippen LogP contribution is -2.41. The zero-order valence-corrected chi connectivity index (χ0v) is 10.4. The first-order valence-corrected chi connectivity index (χ1v) is 5.55. The standard InChI is InChI=1S/C13H19NO3/c1-9-6-4-5-7-11(9)17-13(2,3)8-10(14)12(15)16/h4-7,10H,8,14H2,1-3H3,(H,15,16). The molecule has 3 N–H and O–H groups in total. The highest BCUT2D eigenvalue weighted by Gasteiger charge is 2.27. The predicted octanol–water partition coefficient (Wildman–Crippen LogP) is 1.95. The Morgan fingerprint density at radius 2 is 2.06 bits per heavy atom. The Balaban J connectivity index is 2.73. The summed E-state index contributed by atoms with van der Waals surface area (Å²) in [4.78, 5) is 10.7. The zero-order valence-electron chi connectivity index (χ0n) is 10.4. The fraction of sp³-hybridized carbons (Fsp3) is 0.462. The van der Waals surface area contributed by atoms with Gasteiger partial charge in [-0.2, -0.15) is 0 Å². The average Bonchev–Trinajstić information content (AvgIpc) is 2.20. The number of carboxylic acid groups (broad SMARTS) is 1. The van der Waals surface area contributed by atoms with E-state index in [1.807, 2.05) is 45.0 Å². The molecular formula is C13H19NO3. The Kier molecular flexibility index (Phi) is 4.12. The Hall–Kier alpha value is -1.55. The largest absolute Gasteiger partial charge is 0.488 e. The summed E-state index contributed by atoms with van der Waals surface area (Å²) in [6.45, 7) is 5.62. The molecule has 1 aromatic carbocycles. The minimum Gasteiger partial charge on any atom is -0.488 e. The molecule has 4 heteroatoms. The summed E-state index contributed by atoms with van der Waals surface area (Å²) in [6.07, 6.45) is 0.261. The van der Waals surface area contributed by atoms with Gasteiger partial charge in [-0.25, -0.2) is 0 Å². The number of para-hydroxylation sites is 1. The number of aryl methyl sites for hydroxylation is 1. The van der Waals surface area contributed by atoms with Gasteiger partial charge in [-0.1, -0.05) is 18.2 Å². The molecule has 0 aliphatic heterocycles. The quantitative estimate of drug-likeness (QED) is 0.821. The van der Waals surface area contributed by atoms with Crippen molar-refractivity contribution in [2.45, 2.75) is 38.8 Å².